The van der Waals surface area contributed by atoms with Crippen molar-refractivity contribution in [1.82, 2.24) is 21.3 Å². The Hall–Kier alpha value is -2.87. The molecule has 0 unspecified atom stereocenters. The van der Waals surface area contributed by atoms with Gasteiger partial charge < -0.3 is 35.5 Å². The Morgan fingerprint density at radius 3 is 1.63 bits per heavy atom. The molecule has 0 aliphatic heterocycles. The molecule has 284 valence electrons. The summed E-state index contributed by atoms with van der Waals surface area (Å²) in [5.74, 6) is 4.33. The molecule has 0 spiro atoms. The number of hydrogen-bond acceptors (Lipinski definition) is 10. The van der Waals surface area contributed by atoms with E-state index in [9.17, 15) is 24.0 Å². The molecule has 0 fully saturated rings. The molecule has 0 radical (unpaired) electrons. The van der Waals surface area contributed by atoms with Crippen LogP contribution in [0, 0.1) is 0 Å². The molecular weight excluding hydrogens is 630 g/mol. The van der Waals surface area contributed by atoms with Crippen molar-refractivity contribution in [3.8, 4) is 0 Å². The van der Waals surface area contributed by atoms with E-state index in [1.807, 2.05) is 0 Å². The Kier molecular flexibility index (Phi) is 31.6. The van der Waals surface area contributed by atoms with Crippen LogP contribution in [0.3, 0.4) is 0 Å². The van der Waals surface area contributed by atoms with Gasteiger partial charge in [-0.2, -0.15) is 0 Å². The molecule has 13 heteroatoms. The third-order valence-corrected chi connectivity index (χ3v) is 7.92. The van der Waals surface area contributed by atoms with E-state index in [0.717, 1.165) is 32.1 Å². The smallest absolute Gasteiger partial charge is 0.248 e. The van der Waals surface area contributed by atoms with Crippen LogP contribution < -0.4 is 27.2 Å². The number of nitrogens with one attached hydrogen (secondary N) is 4. The van der Waals surface area contributed by atoms with E-state index in [4.69, 9.17) is 15.4 Å². The van der Waals surface area contributed by atoms with Crippen LogP contribution in [0.5, 0.6) is 0 Å². The maximum atomic E-state index is 12.4. The van der Waals surface area contributed by atoms with Gasteiger partial charge in [0, 0.05) is 44.6 Å². The van der Waals surface area contributed by atoms with Crippen molar-refractivity contribution in [2.45, 2.75) is 135 Å². The number of ether oxygens (including phenoxy) is 2. The summed E-state index contributed by atoms with van der Waals surface area (Å²) in [6.07, 6.45) is 18.0. The molecule has 3 amide bonds. The summed E-state index contributed by atoms with van der Waals surface area (Å²) < 4.78 is 10.9. The highest BCUT2D eigenvalue weighted by atomic mass is 16.6. The Morgan fingerprint density at radius 1 is 0.571 bits per heavy atom. The van der Waals surface area contributed by atoms with Crippen LogP contribution in [-0.4, -0.2) is 88.0 Å². The zero-order chi connectivity index (χ0) is 36.4. The first-order valence-electron chi connectivity index (χ1n) is 18.4. The van der Waals surface area contributed by atoms with Gasteiger partial charge in [0.15, 0.2) is 5.78 Å². The normalized spacial score (nSPS) is 11.5. The molecule has 0 aromatic carbocycles. The predicted molar refractivity (Wildman–Crippen MR) is 191 cm³/mol. The van der Waals surface area contributed by atoms with Crippen molar-refractivity contribution in [3.05, 3.63) is 12.3 Å². The minimum atomic E-state index is -0.660. The summed E-state index contributed by atoms with van der Waals surface area (Å²) >= 11 is 0. The third-order valence-electron chi connectivity index (χ3n) is 7.92. The van der Waals surface area contributed by atoms with Crippen LogP contribution in [0.4, 0.5) is 0 Å². The molecule has 1 atom stereocenters. The van der Waals surface area contributed by atoms with E-state index in [0.29, 0.717) is 64.0 Å². The third kappa shape index (κ3) is 33.4. The highest BCUT2D eigenvalue weighted by Crippen LogP contribution is 2.14. The van der Waals surface area contributed by atoms with Gasteiger partial charge in [-0.15, -0.1) is 0 Å². The average molecular weight is 698 g/mol. The number of amides is 3. The van der Waals surface area contributed by atoms with E-state index in [1.54, 1.807) is 6.92 Å². The molecule has 0 aliphatic rings. The summed E-state index contributed by atoms with van der Waals surface area (Å²) in [5, 5.41) is 11.2. The molecule has 0 rings (SSSR count). The molecule has 0 aliphatic carbocycles. The Bertz CT molecular complexity index is 918. The Labute approximate surface area is 294 Å². The quantitative estimate of drug-likeness (QED) is 0.0474. The second-order valence-corrected chi connectivity index (χ2v) is 12.6. The molecule has 0 bridgehead atoms. The lowest BCUT2D eigenvalue weighted by Crippen LogP contribution is -2.40. The monoisotopic (exact) mass is 697 g/mol. The number of carbonyl (C=O) groups is 5. The number of hydrogen-bond donors (Lipinski definition) is 5. The predicted octanol–water partition coefficient (Wildman–Crippen LogP) is 3.93. The Balaban J connectivity index is 3.69. The molecule has 13 nitrogen and oxygen atoms in total. The summed E-state index contributed by atoms with van der Waals surface area (Å²) in [6.45, 7) is 9.29. The molecule has 0 aromatic rings. The second-order valence-electron chi connectivity index (χ2n) is 12.6. The van der Waals surface area contributed by atoms with Crippen LogP contribution in [0.25, 0.3) is 0 Å². The zero-order valence-corrected chi connectivity index (χ0v) is 30.5. The van der Waals surface area contributed by atoms with Gasteiger partial charge in [-0.25, -0.2) is 5.90 Å². The van der Waals surface area contributed by atoms with Crippen LogP contribution in [-0.2, 0) is 38.3 Å². The van der Waals surface area contributed by atoms with Crippen molar-refractivity contribution < 1.29 is 38.3 Å². The van der Waals surface area contributed by atoms with E-state index < -0.39 is 6.04 Å². The van der Waals surface area contributed by atoms with Crippen LogP contribution in [0.15, 0.2) is 12.3 Å². The summed E-state index contributed by atoms with van der Waals surface area (Å²) in [7, 11) is 0. The minimum absolute atomic E-state index is 0.134. The summed E-state index contributed by atoms with van der Waals surface area (Å²) in [4.78, 5) is 63.0. The maximum absolute atomic E-state index is 12.4. The van der Waals surface area contributed by atoms with Crippen molar-refractivity contribution in [2.24, 2.45) is 5.90 Å². The van der Waals surface area contributed by atoms with E-state index >= 15 is 0 Å². The average Bonchev–Trinajstić information content (AvgIpc) is 3.05. The fourth-order valence-electron chi connectivity index (χ4n) is 5.09. The highest BCUT2D eigenvalue weighted by molar-refractivity contribution is 5.88. The van der Waals surface area contributed by atoms with Gasteiger partial charge >= 0.3 is 0 Å². The fourth-order valence-corrected chi connectivity index (χ4v) is 5.09. The summed E-state index contributed by atoms with van der Waals surface area (Å²) in [5.41, 5.74) is 0.668. The first-order valence-corrected chi connectivity index (χ1v) is 18.4. The lowest BCUT2D eigenvalue weighted by molar-refractivity contribution is -0.128. The SMILES string of the molecule is C=C(COCCOCCNC(=O)CC[C@H](NC(=O)CCCCCCCCCCCCCCCCC(C)=O)C(C)=O)NCCNC(=O)CON. The second kappa shape index (κ2) is 33.6. The van der Waals surface area contributed by atoms with E-state index in [2.05, 4.69) is 32.7 Å². The van der Waals surface area contributed by atoms with Crippen LogP contribution in [0.2, 0.25) is 0 Å². The number of carbonyl (C=O) groups excluding carboxylic acids is 5. The van der Waals surface area contributed by atoms with Gasteiger partial charge in [-0.1, -0.05) is 83.6 Å². The molecule has 0 aromatic heterocycles. The van der Waals surface area contributed by atoms with Crippen molar-refractivity contribution >= 4 is 29.3 Å². The van der Waals surface area contributed by atoms with E-state index in [-0.39, 0.29) is 43.0 Å². The maximum Gasteiger partial charge on any atom is 0.248 e. The minimum Gasteiger partial charge on any atom is -0.385 e. The lowest BCUT2D eigenvalue weighted by Gasteiger charge is -2.16. The van der Waals surface area contributed by atoms with Gasteiger partial charge in [0.1, 0.15) is 12.4 Å². The molecule has 0 heterocycles. The fraction of sp³-hybridized carbons (Fsp3) is 0.806. The number of nitrogens with two attached hydrogens (primary N) is 1. The first-order chi connectivity index (χ1) is 23.6. The largest absolute Gasteiger partial charge is 0.385 e. The van der Waals surface area contributed by atoms with Crippen LogP contribution in [0.1, 0.15) is 129 Å². The number of Topliss-reactive ketones (excluding diaryl/α,β-unsaturated/α-hetero) is 2. The molecule has 0 saturated heterocycles. The van der Waals surface area contributed by atoms with Gasteiger partial charge in [-0.05, 0) is 33.1 Å². The van der Waals surface area contributed by atoms with Gasteiger partial charge in [0.05, 0.1) is 32.5 Å². The lowest BCUT2D eigenvalue weighted by atomic mass is 10.0. The van der Waals surface area contributed by atoms with Crippen molar-refractivity contribution in [3.63, 3.8) is 0 Å². The highest BCUT2D eigenvalue weighted by Gasteiger charge is 2.18. The molecular formula is C36H67N5O8. The number of rotatable bonds is 36. The number of unbranched alkanes of at least 4 members (excludes halogenated alkanes) is 13. The van der Waals surface area contributed by atoms with Gasteiger partial charge in [-0.3, -0.25) is 24.0 Å². The standard InChI is InChI=1S/C36H67N5O8/c1-30(38-22-23-39-36(46)29-49-37)28-48-27-26-47-25-24-40-34(44)21-20-33(32(3)43)41-35(45)19-17-15-13-11-9-7-5-4-6-8-10-12-14-16-18-31(2)42/h33,38H,1,4-29,37H2,2-3H3,(H,39,46)(H,40,44)(H,41,45)/t33-/m0/s1. The van der Waals surface area contributed by atoms with Gasteiger partial charge in [0.25, 0.3) is 0 Å². The summed E-state index contributed by atoms with van der Waals surface area (Å²) in [6, 6.07) is -0.660. The molecule has 6 N–H and O–H groups in total. The van der Waals surface area contributed by atoms with Crippen molar-refractivity contribution in [1.29, 1.82) is 0 Å². The van der Waals surface area contributed by atoms with Crippen LogP contribution >= 0.6 is 0 Å². The first kappa shape index (κ1) is 46.1. The molecule has 49 heavy (non-hydrogen) atoms. The number of ketones is 2. The zero-order valence-electron chi connectivity index (χ0n) is 30.5. The topological polar surface area (TPSA) is 187 Å². The molecule has 0 saturated carbocycles. The van der Waals surface area contributed by atoms with Gasteiger partial charge in [0.2, 0.25) is 17.7 Å². The van der Waals surface area contributed by atoms with E-state index in [1.165, 1.54) is 71.1 Å². The Morgan fingerprint density at radius 2 is 1.08 bits per heavy atom. The van der Waals surface area contributed by atoms with Crippen molar-refractivity contribution in [2.75, 3.05) is 52.7 Å².